The van der Waals surface area contributed by atoms with Crippen molar-refractivity contribution in [3.63, 3.8) is 0 Å². The zero-order chi connectivity index (χ0) is 14.9. The lowest BCUT2D eigenvalue weighted by atomic mass is 10.1. The summed E-state index contributed by atoms with van der Waals surface area (Å²) in [4.78, 5) is 0. The highest BCUT2D eigenvalue weighted by molar-refractivity contribution is 8.13. The van der Waals surface area contributed by atoms with Crippen LogP contribution in [0.25, 0.3) is 0 Å². The van der Waals surface area contributed by atoms with Gasteiger partial charge in [0.25, 0.3) is 14.2 Å². The van der Waals surface area contributed by atoms with Crippen molar-refractivity contribution < 1.29 is 17.2 Å². The van der Waals surface area contributed by atoms with E-state index in [2.05, 4.69) is 10.2 Å². The molecule has 0 radical (unpaired) electrons. The van der Waals surface area contributed by atoms with Crippen molar-refractivity contribution in [1.29, 1.82) is 0 Å². The average Bonchev–Trinajstić information content (AvgIpc) is 2.76. The second-order valence-electron chi connectivity index (χ2n) is 4.01. The third-order valence-electron chi connectivity index (χ3n) is 2.67. The van der Waals surface area contributed by atoms with Crippen LogP contribution in [0.1, 0.15) is 18.3 Å². The van der Waals surface area contributed by atoms with Gasteiger partial charge in [-0.15, -0.1) is 10.2 Å². The number of hydrogen-bond donors (Lipinski definition) is 0. The molecule has 0 bridgehead atoms. The van der Waals surface area contributed by atoms with E-state index >= 15 is 0 Å². The zero-order valence-electron chi connectivity index (χ0n) is 10.3. The Labute approximate surface area is 118 Å². The first kappa shape index (κ1) is 14.9. The Balaban J connectivity index is 2.39. The Morgan fingerprint density at radius 2 is 1.95 bits per heavy atom. The topological polar surface area (TPSA) is 64.8 Å². The summed E-state index contributed by atoms with van der Waals surface area (Å²) in [5, 5.41) is 6.89. The Bertz CT molecular complexity index is 746. The lowest BCUT2D eigenvalue weighted by Crippen LogP contribution is -2.08. The van der Waals surface area contributed by atoms with Crippen molar-refractivity contribution in [2.24, 2.45) is 0 Å². The number of nitrogens with zero attached hydrogens (tertiary/aromatic N) is 3. The molecule has 0 saturated heterocycles. The van der Waals surface area contributed by atoms with Gasteiger partial charge in [0.15, 0.2) is 11.6 Å². The van der Waals surface area contributed by atoms with E-state index in [0.717, 1.165) is 12.1 Å². The molecule has 0 amide bonds. The molecular weight excluding hydrogens is 312 g/mol. The van der Waals surface area contributed by atoms with Gasteiger partial charge >= 0.3 is 0 Å². The molecule has 0 saturated carbocycles. The molecule has 0 aliphatic carbocycles. The largest absolute Gasteiger partial charge is 0.301 e. The van der Waals surface area contributed by atoms with Crippen molar-refractivity contribution >= 4 is 19.7 Å². The molecule has 0 atom stereocenters. The van der Waals surface area contributed by atoms with Crippen molar-refractivity contribution in [2.45, 2.75) is 25.0 Å². The van der Waals surface area contributed by atoms with Crippen LogP contribution in [-0.2, 0) is 22.0 Å². The van der Waals surface area contributed by atoms with Gasteiger partial charge in [-0.3, -0.25) is 0 Å². The molecule has 0 N–H and O–H groups in total. The molecule has 20 heavy (non-hydrogen) atoms. The summed E-state index contributed by atoms with van der Waals surface area (Å²) in [7, 11) is 1.24. The smallest absolute Gasteiger partial charge is 0.296 e. The predicted octanol–water partition coefficient (Wildman–Crippen LogP) is 2.09. The van der Waals surface area contributed by atoms with E-state index in [1.54, 1.807) is 6.92 Å². The van der Waals surface area contributed by atoms with Gasteiger partial charge in [0.1, 0.15) is 5.82 Å². The highest BCUT2D eigenvalue weighted by Gasteiger charge is 2.21. The summed E-state index contributed by atoms with van der Waals surface area (Å²) < 4.78 is 49.9. The molecule has 0 spiro atoms. The number of hydrogen-bond acceptors (Lipinski definition) is 4. The van der Waals surface area contributed by atoms with Crippen LogP contribution in [0.5, 0.6) is 0 Å². The van der Waals surface area contributed by atoms with E-state index in [0.29, 0.717) is 11.4 Å². The van der Waals surface area contributed by atoms with E-state index < -0.39 is 20.7 Å². The van der Waals surface area contributed by atoms with Crippen LogP contribution in [0.15, 0.2) is 23.4 Å². The molecular formula is C11H10ClF2N3O2S. The van der Waals surface area contributed by atoms with E-state index in [1.807, 2.05) is 0 Å². The fraction of sp³-hybridized carbons (Fsp3) is 0.273. The molecule has 1 aromatic heterocycles. The van der Waals surface area contributed by atoms with Gasteiger partial charge in [-0.25, -0.2) is 17.2 Å². The highest BCUT2D eigenvalue weighted by Crippen LogP contribution is 2.17. The van der Waals surface area contributed by atoms with Gasteiger partial charge in [-0.1, -0.05) is 6.07 Å². The minimum absolute atomic E-state index is 0.116. The number of halogens is 3. The van der Waals surface area contributed by atoms with E-state index in [4.69, 9.17) is 10.7 Å². The first-order valence-electron chi connectivity index (χ1n) is 5.63. The SMILES string of the molecule is CCn1c(Cc2ccc(F)c(F)c2)nnc1S(=O)(=O)Cl. The normalized spacial score (nSPS) is 11.8. The zero-order valence-corrected chi connectivity index (χ0v) is 11.9. The Hall–Kier alpha value is -1.54. The fourth-order valence-electron chi connectivity index (χ4n) is 1.78. The van der Waals surface area contributed by atoms with Gasteiger partial charge < -0.3 is 4.57 Å². The molecule has 1 heterocycles. The molecule has 2 aromatic rings. The second-order valence-corrected chi connectivity index (χ2v) is 6.47. The van der Waals surface area contributed by atoms with Crippen molar-refractivity contribution in [3.05, 3.63) is 41.2 Å². The van der Waals surface area contributed by atoms with Crippen LogP contribution >= 0.6 is 10.7 Å². The first-order chi connectivity index (χ1) is 9.32. The summed E-state index contributed by atoms with van der Waals surface area (Å²) in [5.41, 5.74) is 0.449. The lowest BCUT2D eigenvalue weighted by Gasteiger charge is -2.06. The van der Waals surface area contributed by atoms with Crippen LogP contribution < -0.4 is 0 Å². The van der Waals surface area contributed by atoms with Crippen LogP contribution in [0.4, 0.5) is 8.78 Å². The summed E-state index contributed by atoms with van der Waals surface area (Å²) in [6.07, 6.45) is 0.116. The molecule has 108 valence electrons. The van der Waals surface area contributed by atoms with Crippen LogP contribution in [0.2, 0.25) is 0 Å². The van der Waals surface area contributed by atoms with Crippen LogP contribution in [-0.4, -0.2) is 23.2 Å². The Morgan fingerprint density at radius 3 is 2.50 bits per heavy atom. The number of aromatic nitrogens is 3. The molecule has 9 heteroatoms. The maximum absolute atomic E-state index is 13.1. The molecule has 5 nitrogen and oxygen atoms in total. The number of benzene rings is 1. The maximum atomic E-state index is 13.1. The predicted molar refractivity (Wildman–Crippen MR) is 67.9 cm³/mol. The van der Waals surface area contributed by atoms with E-state index in [-0.39, 0.29) is 18.1 Å². The lowest BCUT2D eigenvalue weighted by molar-refractivity contribution is 0.507. The monoisotopic (exact) mass is 321 g/mol. The molecule has 0 aliphatic rings. The standard InChI is InChI=1S/C11H10ClF2N3O2S/c1-2-17-10(15-16-11(17)20(12,18)19)6-7-3-4-8(13)9(14)5-7/h3-5H,2,6H2,1H3. The fourth-order valence-corrected chi connectivity index (χ4v) is 2.76. The molecule has 2 rings (SSSR count). The summed E-state index contributed by atoms with van der Waals surface area (Å²) in [5.74, 6) is -1.62. The molecule has 0 unspecified atom stereocenters. The van der Waals surface area contributed by atoms with E-state index in [9.17, 15) is 17.2 Å². The molecule has 1 aromatic carbocycles. The quantitative estimate of drug-likeness (QED) is 0.809. The van der Waals surface area contributed by atoms with Gasteiger partial charge in [-0.2, -0.15) is 0 Å². The summed E-state index contributed by atoms with van der Waals surface area (Å²) in [6, 6.07) is 3.41. The summed E-state index contributed by atoms with van der Waals surface area (Å²) >= 11 is 0. The third kappa shape index (κ3) is 2.96. The molecule has 0 aliphatic heterocycles. The van der Waals surface area contributed by atoms with Gasteiger partial charge in [0, 0.05) is 23.6 Å². The Kier molecular flexibility index (Phi) is 4.05. The number of rotatable bonds is 4. The van der Waals surface area contributed by atoms with Crippen molar-refractivity contribution in [1.82, 2.24) is 14.8 Å². The van der Waals surface area contributed by atoms with Gasteiger partial charge in [-0.05, 0) is 24.6 Å². The summed E-state index contributed by atoms with van der Waals surface area (Å²) in [6.45, 7) is 1.98. The highest BCUT2D eigenvalue weighted by atomic mass is 35.7. The van der Waals surface area contributed by atoms with Crippen LogP contribution in [0, 0.1) is 11.6 Å². The average molecular weight is 322 g/mol. The third-order valence-corrected chi connectivity index (χ3v) is 3.83. The first-order valence-corrected chi connectivity index (χ1v) is 7.94. The van der Waals surface area contributed by atoms with Gasteiger partial charge in [0.2, 0.25) is 0 Å². The van der Waals surface area contributed by atoms with Gasteiger partial charge in [0.05, 0.1) is 0 Å². The second kappa shape index (κ2) is 5.45. The maximum Gasteiger partial charge on any atom is 0.296 e. The van der Waals surface area contributed by atoms with Crippen LogP contribution in [0.3, 0.4) is 0 Å². The van der Waals surface area contributed by atoms with Crippen molar-refractivity contribution in [2.75, 3.05) is 0 Å². The minimum Gasteiger partial charge on any atom is -0.301 e. The van der Waals surface area contributed by atoms with E-state index in [1.165, 1.54) is 10.6 Å². The molecule has 0 fully saturated rings. The van der Waals surface area contributed by atoms with Crippen molar-refractivity contribution in [3.8, 4) is 0 Å². The Morgan fingerprint density at radius 1 is 1.25 bits per heavy atom. The minimum atomic E-state index is -4.00.